The van der Waals surface area contributed by atoms with Gasteiger partial charge in [-0.15, -0.1) is 0 Å². The molecule has 1 amide bonds. The van der Waals surface area contributed by atoms with E-state index in [-0.39, 0.29) is 11.9 Å². The maximum Gasteiger partial charge on any atom is 0.224 e. The Balaban J connectivity index is 2.82. The fourth-order valence-electron chi connectivity index (χ4n) is 2.29. The molecule has 0 saturated carbocycles. The lowest BCUT2D eigenvalue weighted by atomic mass is 10.0. The Kier molecular flexibility index (Phi) is 7.83. The summed E-state index contributed by atoms with van der Waals surface area (Å²) in [5, 5.41) is 2.91. The fourth-order valence-corrected chi connectivity index (χ4v) is 2.29. The van der Waals surface area contributed by atoms with Gasteiger partial charge in [0.1, 0.15) is 5.75 Å². The summed E-state index contributed by atoms with van der Waals surface area (Å²) < 4.78 is 5.64. The van der Waals surface area contributed by atoms with Crippen LogP contribution in [0.2, 0.25) is 0 Å². The monoisotopic (exact) mass is 292 g/mol. The van der Waals surface area contributed by atoms with E-state index in [2.05, 4.69) is 12.2 Å². The highest BCUT2D eigenvalue weighted by Crippen LogP contribution is 2.27. The highest BCUT2D eigenvalue weighted by molar-refractivity contribution is 5.92. The van der Waals surface area contributed by atoms with Crippen molar-refractivity contribution in [3.05, 3.63) is 23.8 Å². The van der Waals surface area contributed by atoms with Crippen LogP contribution in [0.4, 0.5) is 5.69 Å². The lowest BCUT2D eigenvalue weighted by Crippen LogP contribution is -2.22. The minimum absolute atomic E-state index is 0.0221. The normalized spacial score (nSPS) is 12.0. The van der Waals surface area contributed by atoms with Crippen LogP contribution in [-0.2, 0) is 11.2 Å². The van der Waals surface area contributed by atoms with Crippen molar-refractivity contribution in [2.45, 2.75) is 58.9 Å². The summed E-state index contributed by atoms with van der Waals surface area (Å²) in [5.74, 6) is 0.747. The number of amides is 1. The average Bonchev–Trinajstić information content (AvgIpc) is 2.42. The van der Waals surface area contributed by atoms with Gasteiger partial charge in [-0.2, -0.15) is 0 Å². The molecule has 0 aliphatic heterocycles. The molecule has 0 spiro atoms. The van der Waals surface area contributed by atoms with Crippen molar-refractivity contribution in [2.24, 2.45) is 5.73 Å². The van der Waals surface area contributed by atoms with E-state index in [9.17, 15) is 4.79 Å². The molecule has 3 N–H and O–H groups in total. The van der Waals surface area contributed by atoms with Crippen LogP contribution >= 0.6 is 0 Å². The molecule has 1 atom stereocenters. The van der Waals surface area contributed by atoms with Crippen LogP contribution in [0.15, 0.2) is 18.2 Å². The van der Waals surface area contributed by atoms with Crippen molar-refractivity contribution in [1.82, 2.24) is 0 Å². The Morgan fingerprint density at radius 3 is 2.67 bits per heavy atom. The molecule has 0 heterocycles. The van der Waals surface area contributed by atoms with Crippen molar-refractivity contribution < 1.29 is 9.53 Å². The van der Waals surface area contributed by atoms with Gasteiger partial charge in [-0.3, -0.25) is 4.79 Å². The number of carbonyl (C=O) groups is 1. The van der Waals surface area contributed by atoms with Crippen LogP contribution in [0.3, 0.4) is 0 Å². The second kappa shape index (κ2) is 9.40. The summed E-state index contributed by atoms with van der Waals surface area (Å²) in [6.45, 7) is 6.63. The van der Waals surface area contributed by atoms with Crippen molar-refractivity contribution >= 4 is 11.6 Å². The quantitative estimate of drug-likeness (QED) is 0.732. The molecule has 0 aromatic heterocycles. The molecule has 1 aromatic carbocycles. The maximum absolute atomic E-state index is 11.7. The minimum atomic E-state index is 0.0221. The molecule has 4 heteroatoms. The van der Waals surface area contributed by atoms with Crippen LogP contribution in [0.25, 0.3) is 0 Å². The highest BCUT2D eigenvalue weighted by Gasteiger charge is 2.10. The van der Waals surface area contributed by atoms with E-state index in [0.717, 1.165) is 42.7 Å². The third kappa shape index (κ3) is 6.17. The smallest absolute Gasteiger partial charge is 0.224 e. The number of benzene rings is 1. The largest absolute Gasteiger partial charge is 0.492 e. The molecule has 0 radical (unpaired) electrons. The van der Waals surface area contributed by atoms with Crippen molar-refractivity contribution in [1.29, 1.82) is 0 Å². The lowest BCUT2D eigenvalue weighted by molar-refractivity contribution is -0.116. The Morgan fingerprint density at radius 2 is 2.05 bits per heavy atom. The molecule has 4 nitrogen and oxygen atoms in total. The molecule has 1 aromatic rings. The maximum atomic E-state index is 11.7. The molecule has 0 aliphatic carbocycles. The van der Waals surface area contributed by atoms with E-state index >= 15 is 0 Å². The molecule has 21 heavy (non-hydrogen) atoms. The molecule has 0 saturated heterocycles. The number of nitrogens with one attached hydrogen (secondary N) is 1. The Morgan fingerprint density at radius 1 is 1.29 bits per heavy atom. The molecular weight excluding hydrogens is 264 g/mol. The highest BCUT2D eigenvalue weighted by atomic mass is 16.5. The average molecular weight is 292 g/mol. The van der Waals surface area contributed by atoms with Gasteiger partial charge in [-0.05, 0) is 43.9 Å². The van der Waals surface area contributed by atoms with Crippen LogP contribution in [-0.4, -0.2) is 18.6 Å². The van der Waals surface area contributed by atoms with Gasteiger partial charge < -0.3 is 15.8 Å². The number of carbonyl (C=O) groups excluding carboxylic acids is 1. The molecular formula is C17H28N2O2. The molecule has 0 aliphatic rings. The zero-order valence-corrected chi connectivity index (χ0v) is 13.4. The Hall–Kier alpha value is -1.55. The first-order chi connectivity index (χ1) is 10.1. The number of ether oxygens (including phenoxy) is 1. The fraction of sp³-hybridized carbons (Fsp3) is 0.588. The first kappa shape index (κ1) is 17.5. The zero-order valence-electron chi connectivity index (χ0n) is 13.4. The summed E-state index contributed by atoms with van der Waals surface area (Å²) >= 11 is 0. The van der Waals surface area contributed by atoms with E-state index < -0.39 is 0 Å². The third-order valence-electron chi connectivity index (χ3n) is 3.25. The lowest BCUT2D eigenvalue weighted by Gasteiger charge is -2.15. The van der Waals surface area contributed by atoms with Gasteiger partial charge in [0.05, 0.1) is 12.3 Å². The molecule has 0 fully saturated rings. The molecule has 118 valence electrons. The Labute approximate surface area is 128 Å². The Bertz CT molecular complexity index is 446. The second-order valence-electron chi connectivity index (χ2n) is 5.31. The summed E-state index contributed by atoms with van der Waals surface area (Å²) in [6.07, 6.45) is 4.29. The van der Waals surface area contributed by atoms with Gasteiger partial charge in [-0.1, -0.05) is 26.3 Å². The first-order valence-corrected chi connectivity index (χ1v) is 7.91. The van der Waals surface area contributed by atoms with Crippen LogP contribution in [0, 0.1) is 0 Å². The third-order valence-corrected chi connectivity index (χ3v) is 3.25. The summed E-state index contributed by atoms with van der Waals surface area (Å²) in [6, 6.07) is 6.08. The van der Waals surface area contributed by atoms with Gasteiger partial charge in [0.25, 0.3) is 0 Å². The standard InChI is InChI=1S/C17H28N2O2/c1-4-7-14(18)11-13-9-10-15(16(12-13)21-6-3)19-17(20)8-5-2/h9-10,12,14H,4-8,11,18H2,1-3H3,(H,19,20). The van der Waals surface area contributed by atoms with Gasteiger partial charge in [0.2, 0.25) is 5.91 Å². The predicted octanol–water partition coefficient (Wildman–Crippen LogP) is 3.49. The second-order valence-corrected chi connectivity index (χ2v) is 5.31. The number of hydrogen-bond acceptors (Lipinski definition) is 3. The van der Waals surface area contributed by atoms with Crippen LogP contribution in [0.1, 0.15) is 52.0 Å². The van der Waals surface area contributed by atoms with E-state index in [1.165, 1.54) is 0 Å². The van der Waals surface area contributed by atoms with E-state index in [0.29, 0.717) is 13.0 Å². The van der Waals surface area contributed by atoms with Gasteiger partial charge in [0.15, 0.2) is 0 Å². The van der Waals surface area contributed by atoms with Gasteiger partial charge in [0, 0.05) is 12.5 Å². The van der Waals surface area contributed by atoms with E-state index in [4.69, 9.17) is 10.5 Å². The summed E-state index contributed by atoms with van der Waals surface area (Å²) in [7, 11) is 0. The SMILES string of the molecule is CCCC(=O)Nc1ccc(CC(N)CCC)cc1OCC. The summed E-state index contributed by atoms with van der Waals surface area (Å²) in [4.78, 5) is 11.7. The van der Waals surface area contributed by atoms with Crippen LogP contribution < -0.4 is 15.8 Å². The number of nitrogens with two attached hydrogens (primary N) is 1. The molecule has 1 rings (SSSR count). The number of rotatable bonds is 9. The topological polar surface area (TPSA) is 64.4 Å². The first-order valence-electron chi connectivity index (χ1n) is 7.91. The van der Waals surface area contributed by atoms with Gasteiger partial charge in [-0.25, -0.2) is 0 Å². The summed E-state index contributed by atoms with van der Waals surface area (Å²) in [5.41, 5.74) is 7.97. The minimum Gasteiger partial charge on any atom is -0.492 e. The predicted molar refractivity (Wildman–Crippen MR) is 87.7 cm³/mol. The molecule has 1 unspecified atom stereocenters. The van der Waals surface area contributed by atoms with Crippen molar-refractivity contribution in [3.63, 3.8) is 0 Å². The van der Waals surface area contributed by atoms with Crippen molar-refractivity contribution in [2.75, 3.05) is 11.9 Å². The zero-order chi connectivity index (χ0) is 15.7. The van der Waals surface area contributed by atoms with Crippen molar-refractivity contribution in [3.8, 4) is 5.75 Å². The van der Waals surface area contributed by atoms with Gasteiger partial charge >= 0.3 is 0 Å². The number of anilines is 1. The van der Waals surface area contributed by atoms with Crippen LogP contribution in [0.5, 0.6) is 5.75 Å². The molecule has 0 bridgehead atoms. The van der Waals surface area contributed by atoms with E-state index in [1.807, 2.05) is 32.0 Å². The van der Waals surface area contributed by atoms with E-state index in [1.54, 1.807) is 0 Å². The number of hydrogen-bond donors (Lipinski definition) is 2.